The molecule has 2 N–H and O–H groups in total. The van der Waals surface area contributed by atoms with Gasteiger partial charge in [0.25, 0.3) is 5.91 Å². The summed E-state index contributed by atoms with van der Waals surface area (Å²) in [7, 11) is 1.72. The highest BCUT2D eigenvalue weighted by Gasteiger charge is 2.20. The van der Waals surface area contributed by atoms with Crippen molar-refractivity contribution in [1.29, 1.82) is 0 Å². The number of fused-ring (bicyclic) bond motifs is 1. The predicted molar refractivity (Wildman–Crippen MR) is 86.4 cm³/mol. The number of likely N-dealkylation sites (N-methyl/N-ethyl adjacent to an activating group) is 1. The Morgan fingerprint density at radius 3 is 3.05 bits per heavy atom. The molecule has 7 heteroatoms. The van der Waals surface area contributed by atoms with Gasteiger partial charge in [-0.2, -0.15) is 0 Å². The number of nitrogens with one attached hydrogen (secondary N) is 1. The van der Waals surface area contributed by atoms with Gasteiger partial charge < -0.3 is 19.7 Å². The first-order chi connectivity index (χ1) is 10.6. The van der Waals surface area contributed by atoms with Gasteiger partial charge in [0.05, 0.1) is 29.5 Å². The minimum absolute atomic E-state index is 0.0931. The summed E-state index contributed by atoms with van der Waals surface area (Å²) in [5.41, 5.74) is 1.55. The van der Waals surface area contributed by atoms with Gasteiger partial charge in [0.1, 0.15) is 5.69 Å². The third-order valence-corrected chi connectivity index (χ3v) is 4.74. The first kappa shape index (κ1) is 15.5. The minimum Gasteiger partial charge on any atom is -0.390 e. The number of amides is 1. The van der Waals surface area contributed by atoms with Crippen LogP contribution < -0.4 is 0 Å². The van der Waals surface area contributed by atoms with Crippen LogP contribution in [0.5, 0.6) is 0 Å². The Kier molecular flexibility index (Phi) is 4.77. The maximum absolute atomic E-state index is 12.4. The van der Waals surface area contributed by atoms with Crippen molar-refractivity contribution in [2.75, 3.05) is 46.4 Å². The van der Waals surface area contributed by atoms with Gasteiger partial charge in [-0.15, -0.1) is 11.3 Å². The summed E-state index contributed by atoms with van der Waals surface area (Å²) in [6.07, 6.45) is -0.553. The standard InChI is InChI=1S/C15H21N3O3S/c1-17(9-11(19)10-18-3-5-21-6-4-18)15(20)13-8-14-12(16-13)2-7-22-14/h2,7-8,11,16,19H,3-6,9-10H2,1H3/t11-/m1/s1. The lowest BCUT2D eigenvalue weighted by molar-refractivity contribution is 0.00875. The number of carbonyl (C=O) groups excluding carboxylic acids is 1. The molecule has 0 saturated carbocycles. The summed E-state index contributed by atoms with van der Waals surface area (Å²) in [4.78, 5) is 19.2. The maximum atomic E-state index is 12.4. The Labute approximate surface area is 133 Å². The number of ether oxygens (including phenoxy) is 1. The number of hydrogen-bond acceptors (Lipinski definition) is 5. The minimum atomic E-state index is -0.553. The van der Waals surface area contributed by atoms with E-state index >= 15 is 0 Å². The Morgan fingerprint density at radius 2 is 2.32 bits per heavy atom. The highest BCUT2D eigenvalue weighted by molar-refractivity contribution is 7.17. The zero-order valence-corrected chi connectivity index (χ0v) is 13.4. The van der Waals surface area contributed by atoms with Crippen molar-refractivity contribution in [2.24, 2.45) is 0 Å². The Hall–Kier alpha value is -1.41. The fourth-order valence-corrected chi connectivity index (χ4v) is 3.49. The fraction of sp³-hybridized carbons (Fsp3) is 0.533. The maximum Gasteiger partial charge on any atom is 0.270 e. The Balaban J connectivity index is 1.54. The normalized spacial score (nSPS) is 17.7. The van der Waals surface area contributed by atoms with Crippen molar-refractivity contribution in [2.45, 2.75) is 6.10 Å². The lowest BCUT2D eigenvalue weighted by Gasteiger charge is -2.30. The second-order valence-corrected chi connectivity index (χ2v) is 6.58. The van der Waals surface area contributed by atoms with E-state index in [2.05, 4.69) is 9.88 Å². The topological polar surface area (TPSA) is 68.8 Å². The molecule has 1 saturated heterocycles. The monoisotopic (exact) mass is 323 g/mol. The van der Waals surface area contributed by atoms with Crippen molar-refractivity contribution in [3.8, 4) is 0 Å². The zero-order chi connectivity index (χ0) is 15.5. The summed E-state index contributed by atoms with van der Waals surface area (Å²) >= 11 is 1.60. The molecule has 1 aliphatic heterocycles. The number of aliphatic hydroxyl groups excluding tert-OH is 1. The summed E-state index contributed by atoms with van der Waals surface area (Å²) in [6, 6.07) is 3.83. The van der Waals surface area contributed by atoms with Crippen molar-refractivity contribution in [1.82, 2.24) is 14.8 Å². The molecular weight excluding hydrogens is 302 g/mol. The zero-order valence-electron chi connectivity index (χ0n) is 12.6. The third kappa shape index (κ3) is 3.49. The van der Waals surface area contributed by atoms with Crippen molar-refractivity contribution >= 4 is 27.5 Å². The van der Waals surface area contributed by atoms with E-state index in [1.165, 1.54) is 0 Å². The summed E-state index contributed by atoms with van der Waals surface area (Å²) in [5, 5.41) is 12.2. The van der Waals surface area contributed by atoms with E-state index in [1.54, 1.807) is 23.3 Å². The number of hydrogen-bond donors (Lipinski definition) is 2. The van der Waals surface area contributed by atoms with E-state index in [0.29, 0.717) is 32.0 Å². The number of aromatic nitrogens is 1. The van der Waals surface area contributed by atoms with E-state index in [-0.39, 0.29) is 5.91 Å². The molecule has 0 unspecified atom stereocenters. The van der Waals surface area contributed by atoms with Gasteiger partial charge in [0, 0.05) is 33.2 Å². The van der Waals surface area contributed by atoms with Crippen LogP contribution in [0.25, 0.3) is 10.2 Å². The molecule has 1 fully saturated rings. The molecule has 0 aliphatic carbocycles. The predicted octanol–water partition coefficient (Wildman–Crippen LogP) is 0.995. The lowest BCUT2D eigenvalue weighted by atomic mass is 10.2. The molecule has 120 valence electrons. The van der Waals surface area contributed by atoms with Crippen LogP contribution in [0.3, 0.4) is 0 Å². The molecular formula is C15H21N3O3S. The Bertz CT molecular complexity index is 604. The van der Waals surface area contributed by atoms with E-state index in [1.807, 2.05) is 17.5 Å². The SMILES string of the molecule is CN(C[C@@H](O)CN1CCOCC1)C(=O)c1cc2sccc2[nH]1. The van der Waals surface area contributed by atoms with Crippen LogP contribution in [0.1, 0.15) is 10.5 Å². The average molecular weight is 323 g/mol. The molecule has 1 amide bonds. The number of aliphatic hydroxyl groups is 1. The highest BCUT2D eigenvalue weighted by atomic mass is 32.1. The Morgan fingerprint density at radius 1 is 1.55 bits per heavy atom. The van der Waals surface area contributed by atoms with Crippen molar-refractivity contribution in [3.63, 3.8) is 0 Å². The van der Waals surface area contributed by atoms with E-state index < -0.39 is 6.10 Å². The smallest absolute Gasteiger partial charge is 0.270 e. The van der Waals surface area contributed by atoms with Crippen LogP contribution in [0.15, 0.2) is 17.5 Å². The first-order valence-corrected chi connectivity index (χ1v) is 8.31. The molecule has 0 radical (unpaired) electrons. The quantitative estimate of drug-likeness (QED) is 0.861. The van der Waals surface area contributed by atoms with Crippen LogP contribution in [0, 0.1) is 0 Å². The van der Waals surface area contributed by atoms with Gasteiger partial charge in [-0.25, -0.2) is 0 Å². The van der Waals surface area contributed by atoms with E-state index in [0.717, 1.165) is 23.3 Å². The van der Waals surface area contributed by atoms with Gasteiger partial charge >= 0.3 is 0 Å². The second-order valence-electron chi connectivity index (χ2n) is 5.63. The van der Waals surface area contributed by atoms with E-state index in [9.17, 15) is 9.90 Å². The fourth-order valence-electron chi connectivity index (χ4n) is 2.71. The molecule has 6 nitrogen and oxygen atoms in total. The molecule has 0 spiro atoms. The largest absolute Gasteiger partial charge is 0.390 e. The number of β-amino-alcohol motifs (C(OH)–C–C–N with tert-alkyl or cyclic N) is 1. The van der Waals surface area contributed by atoms with Gasteiger partial charge in [0.2, 0.25) is 0 Å². The van der Waals surface area contributed by atoms with Gasteiger partial charge in [-0.3, -0.25) is 9.69 Å². The molecule has 2 aromatic rings. The third-order valence-electron chi connectivity index (χ3n) is 3.87. The summed E-state index contributed by atoms with van der Waals surface area (Å²) < 4.78 is 6.36. The molecule has 3 rings (SSSR count). The number of rotatable bonds is 5. The molecule has 2 aromatic heterocycles. The van der Waals surface area contributed by atoms with Crippen molar-refractivity contribution in [3.05, 3.63) is 23.2 Å². The van der Waals surface area contributed by atoms with Gasteiger partial charge in [-0.1, -0.05) is 0 Å². The van der Waals surface area contributed by atoms with Crippen LogP contribution in [-0.2, 0) is 4.74 Å². The number of H-pyrrole nitrogens is 1. The van der Waals surface area contributed by atoms with Crippen molar-refractivity contribution < 1.29 is 14.6 Å². The lowest BCUT2D eigenvalue weighted by Crippen LogP contribution is -2.45. The number of carbonyl (C=O) groups is 1. The number of aromatic amines is 1. The first-order valence-electron chi connectivity index (χ1n) is 7.43. The van der Waals surface area contributed by atoms with Gasteiger partial charge in [-0.05, 0) is 17.5 Å². The van der Waals surface area contributed by atoms with Crippen LogP contribution in [0.4, 0.5) is 0 Å². The highest BCUT2D eigenvalue weighted by Crippen LogP contribution is 2.21. The summed E-state index contributed by atoms with van der Waals surface area (Å²) in [6.45, 7) is 3.98. The number of thiophene rings is 1. The second kappa shape index (κ2) is 6.78. The van der Waals surface area contributed by atoms with Crippen LogP contribution >= 0.6 is 11.3 Å². The van der Waals surface area contributed by atoms with Crippen LogP contribution in [0.2, 0.25) is 0 Å². The molecule has 1 aliphatic rings. The molecule has 0 aromatic carbocycles. The summed E-state index contributed by atoms with van der Waals surface area (Å²) in [5.74, 6) is -0.0931. The molecule has 0 bridgehead atoms. The number of nitrogens with zero attached hydrogens (tertiary/aromatic N) is 2. The molecule has 1 atom stereocenters. The van der Waals surface area contributed by atoms with Gasteiger partial charge in [0.15, 0.2) is 0 Å². The average Bonchev–Trinajstić information content (AvgIpc) is 3.08. The van der Waals surface area contributed by atoms with E-state index in [4.69, 9.17) is 4.74 Å². The van der Waals surface area contributed by atoms with Crippen LogP contribution in [-0.4, -0.2) is 78.3 Å². The molecule has 22 heavy (non-hydrogen) atoms. The molecule has 3 heterocycles. The number of morpholine rings is 1.